The number of hydrogen-bond acceptors (Lipinski definition) is 5. The third kappa shape index (κ3) is 4.27. The maximum atomic E-state index is 13.5. The van der Waals surface area contributed by atoms with Crippen molar-refractivity contribution in [2.24, 2.45) is 12.5 Å². The van der Waals surface area contributed by atoms with Crippen LogP contribution in [0, 0.1) is 5.41 Å². The Morgan fingerprint density at radius 2 is 2.00 bits per heavy atom. The van der Waals surface area contributed by atoms with Crippen molar-refractivity contribution in [3.8, 4) is 0 Å². The van der Waals surface area contributed by atoms with Gasteiger partial charge in [0.2, 0.25) is 5.60 Å². The molecule has 3 N–H and O–H groups in total. The van der Waals surface area contributed by atoms with E-state index in [1.54, 1.807) is 0 Å². The van der Waals surface area contributed by atoms with Crippen LogP contribution >= 0.6 is 0 Å². The van der Waals surface area contributed by atoms with Crippen LogP contribution in [0.4, 0.5) is 13.2 Å². The van der Waals surface area contributed by atoms with Gasteiger partial charge in [0.25, 0.3) is 11.5 Å². The predicted octanol–water partition coefficient (Wildman–Crippen LogP) is 1.83. The maximum absolute atomic E-state index is 13.5. The largest absolute Gasteiger partial charge is 0.424 e. The molecular formula is C20H23F3N4O4. The minimum absolute atomic E-state index is 0.224. The summed E-state index contributed by atoms with van der Waals surface area (Å²) in [5.74, 6) is -1.78. The molecule has 1 aliphatic carbocycles. The van der Waals surface area contributed by atoms with Crippen LogP contribution in [0.5, 0.6) is 0 Å². The highest BCUT2D eigenvalue weighted by Gasteiger charge is 2.57. The Balaban J connectivity index is 1.78. The highest BCUT2D eigenvalue weighted by molar-refractivity contribution is 6.02. The van der Waals surface area contributed by atoms with E-state index in [1.165, 1.54) is 19.3 Å². The van der Waals surface area contributed by atoms with Crippen molar-refractivity contribution in [1.82, 2.24) is 19.9 Å². The Morgan fingerprint density at radius 3 is 2.58 bits per heavy atom. The lowest BCUT2D eigenvalue weighted by molar-refractivity contribution is -0.272. The van der Waals surface area contributed by atoms with Crippen molar-refractivity contribution in [3.05, 3.63) is 51.5 Å². The predicted molar refractivity (Wildman–Crippen MR) is 104 cm³/mol. The van der Waals surface area contributed by atoms with Gasteiger partial charge in [0.15, 0.2) is 5.78 Å². The number of ketones is 1. The second kappa shape index (κ2) is 7.63. The van der Waals surface area contributed by atoms with E-state index in [0.29, 0.717) is 12.1 Å². The average Bonchev–Trinajstić information content (AvgIpc) is 3.05. The number of nitrogens with zero attached hydrogens (tertiary/aromatic N) is 2. The van der Waals surface area contributed by atoms with E-state index >= 15 is 0 Å². The minimum atomic E-state index is -5.04. The summed E-state index contributed by atoms with van der Waals surface area (Å²) in [5.41, 5.74) is -4.07. The van der Waals surface area contributed by atoms with Crippen LogP contribution in [0.1, 0.15) is 58.9 Å². The number of nitrogens with one attached hydrogen (secondary N) is 2. The molecule has 1 atom stereocenters. The number of carbonyl (C=O) groups excluding carboxylic acids is 2. The van der Waals surface area contributed by atoms with Gasteiger partial charge in [0.1, 0.15) is 11.4 Å². The molecule has 11 heteroatoms. The number of imidazole rings is 1. The molecule has 0 saturated heterocycles. The second-order valence-electron chi connectivity index (χ2n) is 8.57. The number of aliphatic hydroxyl groups is 1. The summed E-state index contributed by atoms with van der Waals surface area (Å²) in [6.07, 6.45) is -2.88. The monoisotopic (exact) mass is 440 g/mol. The van der Waals surface area contributed by atoms with Gasteiger partial charge in [-0.2, -0.15) is 13.2 Å². The fraction of sp³-hybridized carbons (Fsp3) is 0.500. The topological polar surface area (TPSA) is 117 Å². The Morgan fingerprint density at radius 1 is 1.32 bits per heavy atom. The zero-order valence-electron chi connectivity index (χ0n) is 17.3. The molecule has 31 heavy (non-hydrogen) atoms. The molecule has 2 heterocycles. The maximum Gasteiger partial charge on any atom is 0.424 e. The average molecular weight is 440 g/mol. The number of fused-ring (bicyclic) bond motifs is 1. The number of amides is 1. The number of H-pyrrole nitrogens is 1. The zero-order chi connectivity index (χ0) is 23.2. The van der Waals surface area contributed by atoms with Crippen LogP contribution in [-0.4, -0.2) is 44.1 Å². The summed E-state index contributed by atoms with van der Waals surface area (Å²) >= 11 is 0. The third-order valence-electron chi connectivity index (χ3n) is 5.39. The number of aromatic amines is 1. The van der Waals surface area contributed by atoms with Gasteiger partial charge in [-0.3, -0.25) is 14.4 Å². The van der Waals surface area contributed by atoms with Crippen molar-refractivity contribution in [2.75, 3.05) is 6.54 Å². The Hall–Kier alpha value is -2.95. The van der Waals surface area contributed by atoms with Crippen molar-refractivity contribution in [3.63, 3.8) is 0 Å². The van der Waals surface area contributed by atoms with Gasteiger partial charge in [0.05, 0.1) is 0 Å². The van der Waals surface area contributed by atoms with Crippen molar-refractivity contribution >= 4 is 11.7 Å². The molecule has 168 valence electrons. The van der Waals surface area contributed by atoms with Gasteiger partial charge >= 0.3 is 6.18 Å². The Bertz CT molecular complexity index is 1090. The first-order valence-electron chi connectivity index (χ1n) is 9.60. The molecule has 2 aromatic rings. The van der Waals surface area contributed by atoms with Crippen LogP contribution in [0.15, 0.2) is 23.3 Å². The second-order valence-corrected chi connectivity index (χ2v) is 8.57. The number of aryl methyl sites for hydroxylation is 1. The van der Waals surface area contributed by atoms with Crippen molar-refractivity contribution in [1.29, 1.82) is 0 Å². The molecule has 0 aliphatic heterocycles. The molecule has 3 rings (SSSR count). The lowest BCUT2D eigenvalue weighted by Gasteiger charge is -2.30. The highest BCUT2D eigenvalue weighted by Crippen LogP contribution is 2.40. The lowest BCUT2D eigenvalue weighted by Crippen LogP contribution is -2.47. The Labute approximate surface area is 175 Å². The standard InChI is InChI=1S/C20H23F3N4O4/c1-18(2)9-13-11(14(28)10-18)8-12(16(30)26-13)15(29)24-5-4-19(31,20(21,22)23)17-25-6-7-27(17)3/h6-8,31H,4-5,9-10H2,1-3H3,(H,24,29)(H,26,30). The van der Waals surface area contributed by atoms with E-state index in [9.17, 15) is 32.7 Å². The minimum Gasteiger partial charge on any atom is -0.374 e. The van der Waals surface area contributed by atoms with Crippen LogP contribution in [0.25, 0.3) is 0 Å². The molecule has 8 nitrogen and oxygen atoms in total. The summed E-state index contributed by atoms with van der Waals surface area (Å²) in [4.78, 5) is 43.3. The summed E-state index contributed by atoms with van der Waals surface area (Å²) in [6, 6.07) is 1.18. The molecule has 1 unspecified atom stereocenters. The molecule has 1 aliphatic rings. The van der Waals surface area contributed by atoms with Gasteiger partial charge in [-0.15, -0.1) is 0 Å². The van der Waals surface area contributed by atoms with E-state index in [2.05, 4.69) is 15.3 Å². The molecule has 0 spiro atoms. The number of hydrogen-bond donors (Lipinski definition) is 3. The number of aromatic nitrogens is 3. The first-order valence-corrected chi connectivity index (χ1v) is 9.60. The molecule has 0 bridgehead atoms. The third-order valence-corrected chi connectivity index (χ3v) is 5.39. The first kappa shape index (κ1) is 22.7. The van der Waals surface area contributed by atoms with E-state index < -0.39 is 42.0 Å². The lowest BCUT2D eigenvalue weighted by atomic mass is 9.75. The molecule has 2 aromatic heterocycles. The van der Waals surface area contributed by atoms with Crippen molar-refractivity contribution in [2.45, 2.75) is 44.9 Å². The fourth-order valence-electron chi connectivity index (χ4n) is 3.79. The van der Waals surface area contributed by atoms with Gasteiger partial charge in [-0.05, 0) is 17.9 Å². The zero-order valence-corrected chi connectivity index (χ0v) is 17.3. The number of pyridine rings is 1. The van der Waals surface area contributed by atoms with Crippen LogP contribution in [0.3, 0.4) is 0 Å². The number of carbonyl (C=O) groups is 2. The molecular weight excluding hydrogens is 417 g/mol. The van der Waals surface area contributed by atoms with Gasteiger partial charge in [-0.1, -0.05) is 13.8 Å². The number of alkyl halides is 3. The molecule has 0 fully saturated rings. The van der Waals surface area contributed by atoms with E-state index in [1.807, 2.05) is 13.8 Å². The molecule has 0 radical (unpaired) electrons. The summed E-state index contributed by atoms with van der Waals surface area (Å²) in [5, 5.41) is 12.5. The number of halogens is 3. The van der Waals surface area contributed by atoms with Crippen LogP contribution < -0.4 is 10.9 Å². The van der Waals surface area contributed by atoms with E-state index in [-0.39, 0.29) is 28.7 Å². The smallest absolute Gasteiger partial charge is 0.374 e. The van der Waals surface area contributed by atoms with Crippen molar-refractivity contribution < 1.29 is 27.9 Å². The summed E-state index contributed by atoms with van der Waals surface area (Å²) in [6.45, 7) is 3.19. The van der Waals surface area contributed by atoms with E-state index in [0.717, 1.165) is 10.8 Å². The molecule has 1 amide bonds. The van der Waals surface area contributed by atoms with E-state index in [4.69, 9.17) is 0 Å². The van der Waals surface area contributed by atoms with Gasteiger partial charge in [-0.25, -0.2) is 4.98 Å². The fourth-order valence-corrected chi connectivity index (χ4v) is 3.79. The quantitative estimate of drug-likeness (QED) is 0.656. The van der Waals surface area contributed by atoms with Gasteiger partial charge < -0.3 is 20.0 Å². The SMILES string of the molecule is Cn1ccnc1C(O)(CCNC(=O)c1cc2c([nH]c1=O)CC(C)(C)CC2=O)C(F)(F)F. The number of rotatable bonds is 5. The normalized spacial score (nSPS) is 17.7. The molecule has 0 saturated carbocycles. The van der Waals surface area contributed by atoms with Crippen LogP contribution in [0.2, 0.25) is 0 Å². The summed E-state index contributed by atoms with van der Waals surface area (Å²) < 4.78 is 41.7. The summed E-state index contributed by atoms with van der Waals surface area (Å²) in [7, 11) is 1.31. The number of Topliss-reactive ketones (excluding diaryl/α,β-unsaturated/α-hetero) is 1. The first-order chi connectivity index (χ1) is 14.2. The highest BCUT2D eigenvalue weighted by atomic mass is 19.4. The van der Waals surface area contributed by atoms with Crippen LogP contribution in [-0.2, 0) is 19.1 Å². The van der Waals surface area contributed by atoms with Gasteiger partial charge in [0, 0.05) is 50.1 Å². The molecule has 0 aromatic carbocycles. The Kier molecular flexibility index (Phi) is 5.59.